The maximum Gasteiger partial charge on any atom is 0.186 e. The Morgan fingerprint density at radius 2 is 1.39 bits per heavy atom. The van der Waals surface area contributed by atoms with Gasteiger partial charge in [-0.25, -0.2) is 10.1 Å². The Labute approximate surface area is 107 Å². The summed E-state index contributed by atoms with van der Waals surface area (Å²) in [5, 5.41) is 10.6. The van der Waals surface area contributed by atoms with Gasteiger partial charge in [0.2, 0.25) is 0 Å². The number of hydrogen-bond acceptors (Lipinski definition) is 4. The molecule has 0 aliphatic heterocycles. The summed E-state index contributed by atoms with van der Waals surface area (Å²) >= 11 is -1.99. The van der Waals surface area contributed by atoms with Gasteiger partial charge in [-0.2, -0.15) is 0 Å². The summed E-state index contributed by atoms with van der Waals surface area (Å²) in [4.78, 5) is 0.317. The molecule has 94 valence electrons. The molecular formula is C12H12N2O3S. The van der Waals surface area contributed by atoms with E-state index < -0.39 is 11.1 Å². The summed E-state index contributed by atoms with van der Waals surface area (Å²) in [6, 6.07) is 12.8. The van der Waals surface area contributed by atoms with E-state index in [1.54, 1.807) is 24.3 Å². The van der Waals surface area contributed by atoms with E-state index in [9.17, 15) is 9.32 Å². The van der Waals surface area contributed by atoms with Crippen LogP contribution in [-0.2, 0) is 11.1 Å². The average Bonchev–Trinajstić information content (AvgIpc) is 2.39. The molecule has 0 radical (unpaired) electrons. The first-order valence-corrected chi connectivity index (χ1v) is 6.23. The standard InChI is InChI=1S/C12H12N2O3S/c13-14(9-1-5-11(15)6-2-9)10-3-7-12(8-4-10)18(16)17/h1-8,15H,13H2,(H,16,17). The molecule has 1 atom stereocenters. The Hall–Kier alpha value is -1.89. The van der Waals surface area contributed by atoms with E-state index in [0.29, 0.717) is 16.3 Å². The van der Waals surface area contributed by atoms with Gasteiger partial charge in [0.15, 0.2) is 11.1 Å². The van der Waals surface area contributed by atoms with Crippen LogP contribution in [0.3, 0.4) is 0 Å². The van der Waals surface area contributed by atoms with Crippen LogP contribution in [0.2, 0.25) is 0 Å². The number of anilines is 2. The minimum absolute atomic E-state index is 0.165. The fourth-order valence-electron chi connectivity index (χ4n) is 1.49. The van der Waals surface area contributed by atoms with E-state index in [1.165, 1.54) is 29.3 Å². The maximum absolute atomic E-state index is 10.8. The van der Waals surface area contributed by atoms with Gasteiger partial charge in [-0.1, -0.05) is 0 Å². The fraction of sp³-hybridized carbons (Fsp3) is 0. The molecule has 0 saturated carbocycles. The predicted molar refractivity (Wildman–Crippen MR) is 69.9 cm³/mol. The van der Waals surface area contributed by atoms with E-state index >= 15 is 0 Å². The van der Waals surface area contributed by atoms with E-state index in [2.05, 4.69) is 0 Å². The zero-order chi connectivity index (χ0) is 13.1. The quantitative estimate of drug-likeness (QED) is 0.448. The first-order valence-electron chi connectivity index (χ1n) is 5.13. The number of rotatable bonds is 3. The lowest BCUT2D eigenvalue weighted by Crippen LogP contribution is -2.24. The number of benzene rings is 2. The largest absolute Gasteiger partial charge is 0.508 e. The van der Waals surface area contributed by atoms with Crippen molar-refractivity contribution in [2.24, 2.45) is 5.84 Å². The highest BCUT2D eigenvalue weighted by Crippen LogP contribution is 2.24. The Bertz CT molecular complexity index is 555. The lowest BCUT2D eigenvalue weighted by molar-refractivity contribution is 0.475. The maximum atomic E-state index is 10.8. The molecule has 5 nitrogen and oxygen atoms in total. The van der Waals surface area contributed by atoms with Crippen LogP contribution >= 0.6 is 0 Å². The normalized spacial score (nSPS) is 12.1. The van der Waals surface area contributed by atoms with Crippen molar-refractivity contribution in [1.82, 2.24) is 0 Å². The van der Waals surface area contributed by atoms with Crippen molar-refractivity contribution >= 4 is 22.5 Å². The number of phenolic OH excluding ortho intramolecular Hbond substituents is 1. The third-order valence-electron chi connectivity index (χ3n) is 2.44. The number of phenols is 1. The minimum Gasteiger partial charge on any atom is -0.508 e. The second-order valence-corrected chi connectivity index (χ2v) is 4.60. The molecule has 0 aliphatic rings. The second-order valence-electron chi connectivity index (χ2n) is 3.63. The molecule has 0 aromatic heterocycles. The van der Waals surface area contributed by atoms with Crippen LogP contribution in [0.4, 0.5) is 11.4 Å². The molecule has 2 aromatic carbocycles. The zero-order valence-electron chi connectivity index (χ0n) is 9.35. The average molecular weight is 264 g/mol. The van der Waals surface area contributed by atoms with Gasteiger partial charge >= 0.3 is 0 Å². The third-order valence-corrected chi connectivity index (χ3v) is 3.12. The van der Waals surface area contributed by atoms with Gasteiger partial charge in [-0.3, -0.25) is 5.01 Å². The van der Waals surface area contributed by atoms with Gasteiger partial charge in [-0.15, -0.1) is 0 Å². The highest BCUT2D eigenvalue weighted by atomic mass is 32.2. The summed E-state index contributed by atoms with van der Waals surface area (Å²) in [5.41, 5.74) is 1.38. The third kappa shape index (κ3) is 2.67. The number of hydrazine groups is 1. The molecule has 0 amide bonds. The SMILES string of the molecule is NN(c1ccc(O)cc1)c1ccc(S(=O)O)cc1. The summed E-state index contributed by atoms with van der Waals surface area (Å²) in [6.07, 6.45) is 0. The van der Waals surface area contributed by atoms with Crippen LogP contribution in [0.25, 0.3) is 0 Å². The smallest absolute Gasteiger partial charge is 0.186 e. The van der Waals surface area contributed by atoms with Gasteiger partial charge in [0.25, 0.3) is 0 Å². The molecule has 4 N–H and O–H groups in total. The van der Waals surface area contributed by atoms with Crippen molar-refractivity contribution in [3.8, 4) is 5.75 Å². The summed E-state index contributed by atoms with van der Waals surface area (Å²) in [7, 11) is 0. The van der Waals surface area contributed by atoms with Crippen molar-refractivity contribution in [1.29, 1.82) is 0 Å². The van der Waals surface area contributed by atoms with Gasteiger partial charge in [0.05, 0.1) is 16.3 Å². The van der Waals surface area contributed by atoms with Gasteiger partial charge in [0, 0.05) is 0 Å². The fourth-order valence-corrected chi connectivity index (χ4v) is 1.85. The molecule has 0 aliphatic carbocycles. The van der Waals surface area contributed by atoms with E-state index in [1.807, 2.05) is 0 Å². The predicted octanol–water partition coefficient (Wildman–Crippen LogP) is 1.98. The van der Waals surface area contributed by atoms with Crippen molar-refractivity contribution < 1.29 is 13.9 Å². The summed E-state index contributed by atoms with van der Waals surface area (Å²) in [6.45, 7) is 0. The van der Waals surface area contributed by atoms with E-state index in [0.717, 1.165) is 0 Å². The number of hydrogen-bond donors (Lipinski definition) is 3. The molecule has 18 heavy (non-hydrogen) atoms. The molecule has 2 aromatic rings. The van der Waals surface area contributed by atoms with Crippen molar-refractivity contribution in [3.05, 3.63) is 48.5 Å². The van der Waals surface area contributed by atoms with Crippen molar-refractivity contribution in [2.45, 2.75) is 4.90 Å². The Kier molecular flexibility index (Phi) is 3.61. The first-order chi connectivity index (χ1) is 8.58. The molecule has 0 spiro atoms. The lowest BCUT2D eigenvalue weighted by Gasteiger charge is -2.18. The summed E-state index contributed by atoms with van der Waals surface area (Å²) < 4.78 is 19.7. The molecular weight excluding hydrogens is 252 g/mol. The Morgan fingerprint density at radius 1 is 0.944 bits per heavy atom. The van der Waals surface area contributed by atoms with Crippen LogP contribution in [0.5, 0.6) is 5.75 Å². The lowest BCUT2D eigenvalue weighted by atomic mass is 10.2. The highest BCUT2D eigenvalue weighted by molar-refractivity contribution is 7.79. The Morgan fingerprint density at radius 3 is 1.83 bits per heavy atom. The summed E-state index contributed by atoms with van der Waals surface area (Å²) in [5.74, 6) is 6.07. The van der Waals surface area contributed by atoms with Crippen LogP contribution in [0.15, 0.2) is 53.4 Å². The molecule has 6 heteroatoms. The number of nitrogens with zero attached hydrogens (tertiary/aromatic N) is 1. The van der Waals surface area contributed by atoms with Gasteiger partial charge < -0.3 is 9.66 Å². The Balaban J connectivity index is 2.25. The van der Waals surface area contributed by atoms with Gasteiger partial charge in [0.1, 0.15) is 5.75 Å². The highest BCUT2D eigenvalue weighted by Gasteiger charge is 2.06. The second kappa shape index (κ2) is 5.18. The molecule has 2 rings (SSSR count). The van der Waals surface area contributed by atoms with Crippen LogP contribution in [0, 0.1) is 0 Å². The first kappa shape index (κ1) is 12.6. The van der Waals surface area contributed by atoms with Crippen molar-refractivity contribution in [2.75, 3.05) is 5.01 Å². The van der Waals surface area contributed by atoms with E-state index in [4.69, 9.17) is 10.4 Å². The molecule has 0 heterocycles. The zero-order valence-corrected chi connectivity index (χ0v) is 10.2. The molecule has 1 unspecified atom stereocenters. The van der Waals surface area contributed by atoms with Crippen LogP contribution in [-0.4, -0.2) is 13.9 Å². The number of nitrogens with two attached hydrogens (primary N) is 1. The van der Waals surface area contributed by atoms with Crippen LogP contribution in [0.1, 0.15) is 0 Å². The van der Waals surface area contributed by atoms with E-state index in [-0.39, 0.29) is 5.75 Å². The van der Waals surface area contributed by atoms with Crippen molar-refractivity contribution in [3.63, 3.8) is 0 Å². The van der Waals surface area contributed by atoms with Gasteiger partial charge in [-0.05, 0) is 48.5 Å². The number of aromatic hydroxyl groups is 1. The molecule has 0 bridgehead atoms. The molecule has 0 fully saturated rings. The topological polar surface area (TPSA) is 86.8 Å². The monoisotopic (exact) mass is 264 g/mol. The molecule has 0 saturated heterocycles. The van der Waals surface area contributed by atoms with Crippen LogP contribution < -0.4 is 10.9 Å². The minimum atomic E-state index is -1.99.